The average molecular weight is 231 g/mol. The monoisotopic (exact) mass is 231 g/mol. The second-order valence-electron chi connectivity index (χ2n) is 3.59. The Balaban J connectivity index is 2.11. The molecule has 0 saturated carbocycles. The molecule has 2 aromatic carbocycles. The van der Waals surface area contributed by atoms with E-state index < -0.39 is 11.6 Å². The van der Waals surface area contributed by atoms with Crippen molar-refractivity contribution in [3.63, 3.8) is 0 Å². The van der Waals surface area contributed by atoms with E-state index in [-0.39, 0.29) is 5.56 Å². The topological polar surface area (TPSA) is 12.4 Å². The molecule has 17 heavy (non-hydrogen) atoms. The Morgan fingerprint density at radius 2 is 1.53 bits per heavy atom. The molecule has 0 fully saturated rings. The number of nitrogens with zero attached hydrogens (tertiary/aromatic N) is 1. The van der Waals surface area contributed by atoms with Crippen LogP contribution in [-0.4, -0.2) is 6.21 Å². The highest BCUT2D eigenvalue weighted by Crippen LogP contribution is 2.09. The summed E-state index contributed by atoms with van der Waals surface area (Å²) in [7, 11) is 0. The maximum atomic E-state index is 13.2. The number of benzene rings is 2. The number of hydrogen-bond donors (Lipinski definition) is 0. The molecule has 3 heteroatoms. The third-order valence-corrected chi connectivity index (χ3v) is 2.34. The molecule has 2 aromatic rings. The highest BCUT2D eigenvalue weighted by Gasteiger charge is 2.04. The van der Waals surface area contributed by atoms with Crippen LogP contribution < -0.4 is 0 Å². The number of halogens is 2. The summed E-state index contributed by atoms with van der Waals surface area (Å²) >= 11 is 0. The van der Waals surface area contributed by atoms with Crippen molar-refractivity contribution in [3.8, 4) is 0 Å². The molecule has 0 N–H and O–H groups in total. The zero-order valence-corrected chi connectivity index (χ0v) is 9.11. The summed E-state index contributed by atoms with van der Waals surface area (Å²) in [6, 6.07) is 13.3. The van der Waals surface area contributed by atoms with E-state index in [9.17, 15) is 8.78 Å². The third-order valence-electron chi connectivity index (χ3n) is 2.34. The van der Waals surface area contributed by atoms with E-state index in [4.69, 9.17) is 0 Å². The van der Waals surface area contributed by atoms with Crippen molar-refractivity contribution in [1.29, 1.82) is 0 Å². The largest absolute Gasteiger partial charge is 0.288 e. The van der Waals surface area contributed by atoms with Crippen molar-refractivity contribution in [2.75, 3.05) is 0 Å². The summed E-state index contributed by atoms with van der Waals surface area (Å²) in [5.41, 5.74) is 0.906. The molecule has 0 aliphatic rings. The Kier molecular flexibility index (Phi) is 3.60. The number of hydrogen-bond acceptors (Lipinski definition) is 1. The van der Waals surface area contributed by atoms with Gasteiger partial charge >= 0.3 is 0 Å². The van der Waals surface area contributed by atoms with Gasteiger partial charge in [0, 0.05) is 6.21 Å². The lowest BCUT2D eigenvalue weighted by molar-refractivity contribution is 0.580. The van der Waals surface area contributed by atoms with E-state index in [0.717, 1.165) is 5.56 Å². The predicted octanol–water partition coefficient (Wildman–Crippen LogP) is 3.58. The van der Waals surface area contributed by atoms with Gasteiger partial charge < -0.3 is 0 Å². The molecule has 0 bridgehead atoms. The fourth-order valence-electron chi connectivity index (χ4n) is 1.46. The molecular weight excluding hydrogens is 220 g/mol. The maximum absolute atomic E-state index is 13.2. The lowest BCUT2D eigenvalue weighted by Gasteiger charge is -1.98. The first-order valence-electron chi connectivity index (χ1n) is 5.25. The molecule has 0 spiro atoms. The summed E-state index contributed by atoms with van der Waals surface area (Å²) in [6.07, 6.45) is 1.23. The van der Waals surface area contributed by atoms with Crippen molar-refractivity contribution >= 4 is 6.21 Å². The van der Waals surface area contributed by atoms with Crippen molar-refractivity contribution in [2.24, 2.45) is 4.99 Å². The van der Waals surface area contributed by atoms with E-state index >= 15 is 0 Å². The molecule has 0 saturated heterocycles. The van der Waals surface area contributed by atoms with Crippen LogP contribution in [0.5, 0.6) is 0 Å². The van der Waals surface area contributed by atoms with Crippen LogP contribution >= 0.6 is 0 Å². The van der Waals surface area contributed by atoms with Gasteiger partial charge in [-0.25, -0.2) is 8.78 Å². The standard InChI is InChI=1S/C14H11F2N/c15-13-7-4-8-14(16)12(13)10-17-9-11-5-2-1-3-6-11/h1-8,10H,9H2. The summed E-state index contributed by atoms with van der Waals surface area (Å²) in [4.78, 5) is 4.03. The lowest BCUT2D eigenvalue weighted by atomic mass is 10.2. The number of aliphatic imine (C=N–C) groups is 1. The van der Waals surface area contributed by atoms with Gasteiger partial charge in [-0.05, 0) is 17.7 Å². The highest BCUT2D eigenvalue weighted by molar-refractivity contribution is 5.80. The Hall–Kier alpha value is -2.03. The predicted molar refractivity (Wildman–Crippen MR) is 64.1 cm³/mol. The van der Waals surface area contributed by atoms with Crippen LogP contribution in [-0.2, 0) is 6.54 Å². The molecule has 2 rings (SSSR count). The van der Waals surface area contributed by atoms with Gasteiger partial charge in [0.15, 0.2) is 0 Å². The van der Waals surface area contributed by atoms with Gasteiger partial charge in [-0.3, -0.25) is 4.99 Å². The summed E-state index contributed by atoms with van der Waals surface area (Å²) < 4.78 is 26.5. The van der Waals surface area contributed by atoms with Crippen molar-refractivity contribution in [3.05, 3.63) is 71.3 Å². The smallest absolute Gasteiger partial charge is 0.134 e. The first-order valence-corrected chi connectivity index (χ1v) is 5.25. The minimum absolute atomic E-state index is 0.0940. The Morgan fingerprint density at radius 1 is 0.882 bits per heavy atom. The van der Waals surface area contributed by atoms with Gasteiger partial charge in [0.2, 0.25) is 0 Å². The minimum Gasteiger partial charge on any atom is -0.288 e. The lowest BCUT2D eigenvalue weighted by Crippen LogP contribution is -1.93. The SMILES string of the molecule is Fc1cccc(F)c1C=NCc1ccccc1. The Labute approximate surface area is 98.4 Å². The number of rotatable bonds is 3. The molecule has 0 atom stereocenters. The van der Waals surface area contributed by atoms with Gasteiger partial charge in [-0.2, -0.15) is 0 Å². The first-order chi connectivity index (χ1) is 8.27. The molecule has 0 aromatic heterocycles. The van der Waals surface area contributed by atoms with Crippen molar-refractivity contribution in [1.82, 2.24) is 0 Å². The van der Waals surface area contributed by atoms with E-state index in [1.807, 2.05) is 30.3 Å². The van der Waals surface area contributed by atoms with E-state index in [0.29, 0.717) is 6.54 Å². The second-order valence-corrected chi connectivity index (χ2v) is 3.59. The third kappa shape index (κ3) is 2.97. The van der Waals surface area contributed by atoms with Gasteiger partial charge in [0.1, 0.15) is 11.6 Å². The van der Waals surface area contributed by atoms with E-state index in [2.05, 4.69) is 4.99 Å². The van der Waals surface area contributed by atoms with Crippen LogP contribution in [0.25, 0.3) is 0 Å². The summed E-state index contributed by atoms with van der Waals surface area (Å²) in [5, 5.41) is 0. The molecule has 0 aliphatic carbocycles. The molecule has 86 valence electrons. The van der Waals surface area contributed by atoms with Gasteiger partial charge in [0.25, 0.3) is 0 Å². The molecule has 0 amide bonds. The molecule has 0 unspecified atom stereocenters. The van der Waals surface area contributed by atoms with Crippen LogP contribution in [0.1, 0.15) is 11.1 Å². The van der Waals surface area contributed by atoms with Gasteiger partial charge in [-0.1, -0.05) is 36.4 Å². The molecule has 0 radical (unpaired) electrons. The second kappa shape index (κ2) is 5.34. The summed E-state index contributed by atoms with van der Waals surface area (Å²) in [6.45, 7) is 0.411. The highest BCUT2D eigenvalue weighted by atomic mass is 19.1. The van der Waals surface area contributed by atoms with Crippen LogP contribution in [0.4, 0.5) is 8.78 Å². The minimum atomic E-state index is -0.596. The van der Waals surface area contributed by atoms with E-state index in [1.165, 1.54) is 24.4 Å². The fourth-order valence-corrected chi connectivity index (χ4v) is 1.46. The van der Waals surface area contributed by atoms with Crippen molar-refractivity contribution < 1.29 is 8.78 Å². The summed E-state index contributed by atoms with van der Waals surface area (Å²) in [5.74, 6) is -1.19. The van der Waals surface area contributed by atoms with Crippen LogP contribution in [0.2, 0.25) is 0 Å². The van der Waals surface area contributed by atoms with Gasteiger partial charge in [0.05, 0.1) is 12.1 Å². The van der Waals surface area contributed by atoms with Crippen LogP contribution in [0.15, 0.2) is 53.5 Å². The molecule has 1 nitrogen and oxygen atoms in total. The molecular formula is C14H11F2N. The molecule has 0 aliphatic heterocycles. The quantitative estimate of drug-likeness (QED) is 0.716. The maximum Gasteiger partial charge on any atom is 0.134 e. The van der Waals surface area contributed by atoms with Crippen molar-refractivity contribution in [2.45, 2.75) is 6.54 Å². The Bertz CT molecular complexity index is 501. The Morgan fingerprint density at radius 3 is 2.18 bits per heavy atom. The molecule has 0 heterocycles. The van der Waals surface area contributed by atoms with Gasteiger partial charge in [-0.15, -0.1) is 0 Å². The van der Waals surface area contributed by atoms with E-state index in [1.54, 1.807) is 0 Å². The fraction of sp³-hybridized carbons (Fsp3) is 0.0714. The van der Waals surface area contributed by atoms with Crippen LogP contribution in [0.3, 0.4) is 0 Å². The zero-order valence-electron chi connectivity index (χ0n) is 9.11. The first kappa shape index (κ1) is 11.5. The average Bonchev–Trinajstić information content (AvgIpc) is 2.34. The van der Waals surface area contributed by atoms with Crippen LogP contribution in [0, 0.1) is 11.6 Å². The normalized spacial score (nSPS) is 10.9. The zero-order chi connectivity index (χ0) is 12.1.